The van der Waals surface area contributed by atoms with E-state index in [1.807, 2.05) is 0 Å². The van der Waals surface area contributed by atoms with Crippen LogP contribution in [0.3, 0.4) is 0 Å². The third kappa shape index (κ3) is 1.98. The van der Waals surface area contributed by atoms with Crippen LogP contribution in [0.5, 0.6) is 0 Å². The third-order valence-corrected chi connectivity index (χ3v) is 4.64. The molecule has 0 unspecified atom stereocenters. The quantitative estimate of drug-likeness (QED) is 0.649. The van der Waals surface area contributed by atoms with Crippen LogP contribution in [0.15, 0.2) is 24.3 Å². The van der Waals surface area contributed by atoms with E-state index in [2.05, 4.69) is 40.7 Å². The van der Waals surface area contributed by atoms with Crippen molar-refractivity contribution >= 4 is 22.0 Å². The van der Waals surface area contributed by atoms with Gasteiger partial charge in [0.15, 0.2) is 0 Å². The standard InChI is InChI=1S/C14H18NS.ClH/c1-16(2)15-13-9-5-3-7-11(13)12-8-4-6-10-14(12)15;/h3,5,7,9H,4,6,8,10H2,1-2H3;1H/q+1;/p-1. The van der Waals surface area contributed by atoms with E-state index in [0.717, 1.165) is 0 Å². The Morgan fingerprint density at radius 1 is 1.06 bits per heavy atom. The molecule has 1 nitrogen and oxygen atoms in total. The molecular weight excluding hydrogens is 250 g/mol. The molecule has 0 saturated heterocycles. The van der Waals surface area contributed by atoms with Gasteiger partial charge in [-0.1, -0.05) is 18.2 Å². The van der Waals surface area contributed by atoms with Gasteiger partial charge in [-0.25, -0.2) is 0 Å². The summed E-state index contributed by atoms with van der Waals surface area (Å²) in [5.74, 6) is 0. The zero-order chi connectivity index (χ0) is 11.1. The van der Waals surface area contributed by atoms with Crippen molar-refractivity contribution in [3.63, 3.8) is 0 Å². The molecular formula is C14H18ClNS. The van der Waals surface area contributed by atoms with Gasteiger partial charge in [-0.05, 0) is 37.3 Å². The molecule has 1 aliphatic rings. The van der Waals surface area contributed by atoms with Gasteiger partial charge in [-0.2, -0.15) is 3.97 Å². The van der Waals surface area contributed by atoms with Gasteiger partial charge in [0.25, 0.3) is 0 Å². The van der Waals surface area contributed by atoms with Crippen LogP contribution in [-0.2, 0) is 23.9 Å². The van der Waals surface area contributed by atoms with Gasteiger partial charge < -0.3 is 12.4 Å². The molecule has 0 spiro atoms. The number of hydrogen-bond acceptors (Lipinski definition) is 0. The molecule has 0 atom stereocenters. The smallest absolute Gasteiger partial charge is 0.123 e. The third-order valence-electron chi connectivity index (χ3n) is 3.50. The molecule has 0 aliphatic heterocycles. The van der Waals surface area contributed by atoms with Crippen molar-refractivity contribution in [2.75, 3.05) is 12.5 Å². The minimum Gasteiger partial charge on any atom is -1.00 e. The number of halogens is 1. The van der Waals surface area contributed by atoms with Crippen molar-refractivity contribution in [3.05, 3.63) is 35.5 Å². The number of para-hydroxylation sites is 1. The molecule has 0 bridgehead atoms. The maximum atomic E-state index is 2.57. The highest BCUT2D eigenvalue weighted by Crippen LogP contribution is 2.32. The minimum absolute atomic E-state index is 0. The van der Waals surface area contributed by atoms with Crippen molar-refractivity contribution in [1.82, 2.24) is 3.97 Å². The summed E-state index contributed by atoms with van der Waals surface area (Å²) < 4.78 is 2.57. The Bertz CT molecular complexity index is 530. The molecule has 2 aromatic rings. The lowest BCUT2D eigenvalue weighted by atomic mass is 9.96. The lowest BCUT2D eigenvalue weighted by molar-refractivity contribution is -0.00000338. The summed E-state index contributed by atoms with van der Waals surface area (Å²) >= 11 is 0.305. The molecule has 0 N–H and O–H groups in total. The van der Waals surface area contributed by atoms with Crippen LogP contribution in [-0.4, -0.2) is 16.5 Å². The van der Waals surface area contributed by atoms with Crippen LogP contribution in [0.4, 0.5) is 0 Å². The van der Waals surface area contributed by atoms with Crippen LogP contribution >= 0.6 is 0 Å². The van der Waals surface area contributed by atoms with Crippen molar-refractivity contribution in [2.24, 2.45) is 0 Å². The van der Waals surface area contributed by atoms with Crippen LogP contribution in [0.2, 0.25) is 0 Å². The number of fused-ring (bicyclic) bond motifs is 3. The second-order valence-corrected chi connectivity index (χ2v) is 6.63. The lowest BCUT2D eigenvalue weighted by Crippen LogP contribution is -3.00. The van der Waals surface area contributed by atoms with E-state index in [-0.39, 0.29) is 12.4 Å². The monoisotopic (exact) mass is 267 g/mol. The number of rotatable bonds is 1. The van der Waals surface area contributed by atoms with Crippen LogP contribution in [0.1, 0.15) is 24.1 Å². The molecule has 1 heterocycles. The fourth-order valence-electron chi connectivity index (χ4n) is 2.87. The number of hydrogen-bond donors (Lipinski definition) is 0. The fraction of sp³-hybridized carbons (Fsp3) is 0.429. The zero-order valence-corrected chi connectivity index (χ0v) is 11.9. The van der Waals surface area contributed by atoms with Gasteiger partial charge >= 0.3 is 0 Å². The maximum Gasteiger partial charge on any atom is 0.123 e. The highest BCUT2D eigenvalue weighted by molar-refractivity contribution is 7.94. The van der Waals surface area contributed by atoms with E-state index < -0.39 is 0 Å². The number of aryl methyl sites for hydroxylation is 1. The van der Waals surface area contributed by atoms with E-state index in [0.29, 0.717) is 11.1 Å². The van der Waals surface area contributed by atoms with Crippen molar-refractivity contribution in [1.29, 1.82) is 0 Å². The Morgan fingerprint density at radius 2 is 1.76 bits per heavy atom. The first-order chi connectivity index (χ1) is 7.79. The second kappa shape index (κ2) is 4.95. The topological polar surface area (TPSA) is 4.93 Å². The summed E-state index contributed by atoms with van der Waals surface area (Å²) in [5, 5.41) is 1.50. The molecule has 3 rings (SSSR count). The first-order valence-corrected chi connectivity index (χ1v) is 7.98. The first kappa shape index (κ1) is 12.8. The van der Waals surface area contributed by atoms with Gasteiger partial charge in [0, 0.05) is 5.39 Å². The molecule has 0 fully saturated rings. The number of aromatic nitrogens is 1. The van der Waals surface area contributed by atoms with E-state index in [1.54, 1.807) is 11.3 Å². The molecule has 1 aliphatic carbocycles. The van der Waals surface area contributed by atoms with E-state index >= 15 is 0 Å². The van der Waals surface area contributed by atoms with Crippen molar-refractivity contribution < 1.29 is 12.4 Å². The summed E-state index contributed by atoms with van der Waals surface area (Å²) in [6.45, 7) is 0. The summed E-state index contributed by atoms with van der Waals surface area (Å²) in [7, 11) is 0. The Morgan fingerprint density at radius 3 is 2.53 bits per heavy atom. The van der Waals surface area contributed by atoms with Crippen LogP contribution < -0.4 is 12.4 Å². The predicted molar refractivity (Wildman–Crippen MR) is 73.2 cm³/mol. The van der Waals surface area contributed by atoms with E-state index in [9.17, 15) is 0 Å². The first-order valence-electron chi connectivity index (χ1n) is 5.98. The molecule has 3 heteroatoms. The fourth-order valence-corrected chi connectivity index (χ4v) is 4.07. The van der Waals surface area contributed by atoms with Crippen LogP contribution in [0.25, 0.3) is 10.9 Å². The van der Waals surface area contributed by atoms with Gasteiger partial charge in [-0.3, -0.25) is 0 Å². The Kier molecular flexibility index (Phi) is 3.74. The normalized spacial score (nSPS) is 14.8. The highest BCUT2D eigenvalue weighted by atomic mass is 35.5. The van der Waals surface area contributed by atoms with Gasteiger partial charge in [0.1, 0.15) is 12.5 Å². The maximum absolute atomic E-state index is 2.57. The number of benzene rings is 1. The lowest BCUT2D eigenvalue weighted by Gasteiger charge is -2.12. The molecule has 0 radical (unpaired) electrons. The highest BCUT2D eigenvalue weighted by Gasteiger charge is 2.24. The van der Waals surface area contributed by atoms with E-state index in [4.69, 9.17) is 0 Å². The average molecular weight is 268 g/mol. The van der Waals surface area contributed by atoms with Crippen molar-refractivity contribution in [2.45, 2.75) is 25.7 Å². The average Bonchev–Trinajstić information content (AvgIpc) is 2.63. The molecule has 1 aromatic carbocycles. The molecule has 0 amide bonds. The van der Waals surface area contributed by atoms with Gasteiger partial charge in [0.05, 0.1) is 22.3 Å². The Hall–Kier alpha value is -0.600. The Labute approximate surface area is 112 Å². The summed E-state index contributed by atoms with van der Waals surface area (Å²) in [5.41, 5.74) is 4.69. The summed E-state index contributed by atoms with van der Waals surface area (Å²) in [4.78, 5) is 0. The second-order valence-electron chi connectivity index (χ2n) is 4.72. The van der Waals surface area contributed by atoms with Gasteiger partial charge in [-0.15, -0.1) is 0 Å². The molecule has 92 valence electrons. The Balaban J connectivity index is 0.00000108. The molecule has 17 heavy (non-hydrogen) atoms. The number of nitrogens with zero attached hydrogens (tertiary/aromatic N) is 1. The van der Waals surface area contributed by atoms with Crippen LogP contribution in [0, 0.1) is 0 Å². The summed E-state index contributed by atoms with van der Waals surface area (Å²) in [6, 6.07) is 8.91. The molecule has 0 saturated carbocycles. The zero-order valence-electron chi connectivity index (χ0n) is 10.4. The largest absolute Gasteiger partial charge is 1.00 e. The van der Waals surface area contributed by atoms with Crippen molar-refractivity contribution in [3.8, 4) is 0 Å². The molecule has 1 aromatic heterocycles. The minimum atomic E-state index is 0. The summed E-state index contributed by atoms with van der Waals surface area (Å²) in [6.07, 6.45) is 9.92. The van der Waals surface area contributed by atoms with Gasteiger partial charge in [0.2, 0.25) is 0 Å². The van der Waals surface area contributed by atoms with E-state index in [1.165, 1.54) is 36.6 Å². The predicted octanol–water partition coefficient (Wildman–Crippen LogP) is 0.165. The SMILES string of the molecule is C[S+](C)n1c2c(c3ccccc31)CCCC2.[Cl-].